The first-order valence-corrected chi connectivity index (χ1v) is 32.5. The van der Waals surface area contributed by atoms with E-state index in [1.54, 1.807) is 5.19 Å². The molecular formula is C39H72Cl4N2OSi2Ti2-4. The van der Waals surface area contributed by atoms with E-state index in [2.05, 4.69) is 135 Å². The van der Waals surface area contributed by atoms with Crippen LogP contribution in [0.3, 0.4) is 0 Å². The summed E-state index contributed by atoms with van der Waals surface area (Å²) < 4.78 is 5.85. The van der Waals surface area contributed by atoms with Gasteiger partial charge in [-0.25, -0.2) is 6.07 Å². The van der Waals surface area contributed by atoms with Gasteiger partial charge in [-0.3, -0.25) is 0 Å². The molecule has 1 atom stereocenters. The van der Waals surface area contributed by atoms with Gasteiger partial charge in [0.2, 0.25) is 0 Å². The molecule has 0 amide bonds. The van der Waals surface area contributed by atoms with Gasteiger partial charge >= 0.3 is 71.3 Å². The normalized spacial score (nSPS) is 13.2. The second kappa shape index (κ2) is 25.7. The van der Waals surface area contributed by atoms with E-state index >= 15 is 0 Å². The number of halogens is 4. The minimum atomic E-state index is -1.87. The molecule has 0 heterocycles. The zero-order valence-electron chi connectivity index (χ0n) is 34.9. The summed E-state index contributed by atoms with van der Waals surface area (Å²) in [4.78, 5) is 10.5. The van der Waals surface area contributed by atoms with Crippen molar-refractivity contribution >= 4 is 64.1 Å². The summed E-state index contributed by atoms with van der Waals surface area (Å²) in [5, 5.41) is 3.10. The maximum absolute atomic E-state index is 5.85. The first-order chi connectivity index (χ1) is 22.8. The van der Waals surface area contributed by atoms with Gasteiger partial charge in [-0.2, -0.15) is 50.3 Å². The summed E-state index contributed by atoms with van der Waals surface area (Å²) in [7, 11) is 16.1. The van der Waals surface area contributed by atoms with Crippen LogP contribution in [0, 0.1) is 27.7 Å². The van der Waals surface area contributed by atoms with Gasteiger partial charge in [-0.1, -0.05) is 157 Å². The average Bonchev–Trinajstić information content (AvgIpc) is 3.50. The van der Waals surface area contributed by atoms with Crippen LogP contribution < -0.4 is 10.4 Å². The number of hydrogen-bond acceptors (Lipinski definition) is 1. The van der Waals surface area contributed by atoms with Gasteiger partial charge in [0.05, 0.1) is 5.60 Å². The zero-order valence-corrected chi connectivity index (χ0v) is 43.1. The molecule has 0 saturated carbocycles. The standard InChI is InChI=1S/C24H45NOSi.C15H27NSi.4ClH.2Ti/c1-18-19(2)21(4)22(20(18)3)27(11,25-23(5,6)7)17-15-13-12-14-16-26-24(8,9)10;1-7-8-9-13-10-11-14(12-13)17(5,6)16-15(2,3)4;;;;;;/h12-17H2,1-11H3;10-12H,7-9H2,1-6H3;4*1H;;/q2*-2;;;;;2*+2/p-4. The predicted molar refractivity (Wildman–Crippen MR) is 229 cm³/mol. The Hall–Kier alpha value is 1.60. The molecule has 0 aliphatic rings. The molecule has 0 aromatic heterocycles. The van der Waals surface area contributed by atoms with E-state index in [0.717, 1.165) is 6.61 Å². The monoisotopic (exact) mass is 876 g/mol. The maximum atomic E-state index is 5.85. The Morgan fingerprint density at radius 1 is 0.720 bits per heavy atom. The van der Waals surface area contributed by atoms with E-state index < -0.39 is 50.5 Å². The Morgan fingerprint density at radius 2 is 1.18 bits per heavy atom. The third kappa shape index (κ3) is 23.5. The summed E-state index contributed by atoms with van der Waals surface area (Å²) >= 11 is -1.11. The Bertz CT molecular complexity index is 1160. The summed E-state index contributed by atoms with van der Waals surface area (Å²) in [5.74, 6) is 0. The van der Waals surface area contributed by atoms with Crippen LogP contribution in [-0.2, 0) is 45.2 Å². The fourth-order valence-corrected chi connectivity index (χ4v) is 14.3. The molecule has 0 aliphatic heterocycles. The van der Waals surface area contributed by atoms with Crippen molar-refractivity contribution in [2.24, 2.45) is 0 Å². The number of ether oxygens (including phenoxy) is 1. The minimum absolute atomic E-state index is 0.0143. The topological polar surface area (TPSA) is 37.4 Å². The first-order valence-electron chi connectivity index (χ1n) is 18.3. The van der Waals surface area contributed by atoms with Crippen molar-refractivity contribution in [2.75, 3.05) is 6.61 Å². The SMILES string of the molecule is CCCCc1cc[c-]([Si](C)(C)[N-]C(C)(C)C)c1.Cc1c(C)c(C)[c-]([Si](C)(CCCCCCOC(C)(C)C)[N-]C(C)(C)C)c1C.[Cl][Ti][Cl].[Cl][Ti][Cl]. The van der Waals surface area contributed by atoms with Crippen LogP contribution in [0.1, 0.15) is 136 Å². The number of unbranched alkanes of at least 4 members (excludes halogenated alkanes) is 4. The molecular weight excluding hydrogens is 806 g/mol. The quantitative estimate of drug-likeness (QED) is 0.106. The van der Waals surface area contributed by atoms with Crippen LogP contribution in [0.15, 0.2) is 18.2 Å². The third-order valence-corrected chi connectivity index (χ3v) is 15.9. The van der Waals surface area contributed by atoms with Gasteiger partial charge in [-0.05, 0) is 27.2 Å². The van der Waals surface area contributed by atoms with E-state index in [1.807, 2.05) is 0 Å². The summed E-state index contributed by atoms with van der Waals surface area (Å²) in [6.45, 7) is 39.3. The molecule has 0 N–H and O–H groups in total. The second-order valence-corrected chi connectivity index (χ2v) is 30.0. The molecule has 1 unspecified atom stereocenters. The third-order valence-electron chi connectivity index (χ3n) is 8.61. The van der Waals surface area contributed by atoms with Crippen LogP contribution in [0.4, 0.5) is 0 Å². The van der Waals surface area contributed by atoms with Crippen molar-refractivity contribution < 1.29 is 38.8 Å². The van der Waals surface area contributed by atoms with Gasteiger partial charge in [0.25, 0.3) is 0 Å². The van der Waals surface area contributed by atoms with E-state index in [1.165, 1.54) is 84.0 Å². The van der Waals surface area contributed by atoms with Crippen LogP contribution >= 0.6 is 37.2 Å². The number of rotatable bonds is 14. The molecule has 0 radical (unpaired) electrons. The van der Waals surface area contributed by atoms with Gasteiger partial charge in [0.1, 0.15) is 0 Å². The van der Waals surface area contributed by atoms with Gasteiger partial charge in [0.15, 0.2) is 0 Å². The fourth-order valence-electron chi connectivity index (χ4n) is 6.62. The zero-order chi connectivity index (χ0) is 39.6. The molecule has 2 rings (SSSR count). The van der Waals surface area contributed by atoms with Gasteiger partial charge < -0.3 is 14.7 Å². The summed E-state index contributed by atoms with van der Waals surface area (Å²) in [6, 6.07) is 8.23. The molecule has 0 fully saturated rings. The van der Waals surface area contributed by atoms with Crippen LogP contribution in [0.5, 0.6) is 0 Å². The molecule has 2 aromatic carbocycles. The van der Waals surface area contributed by atoms with Crippen LogP contribution in [0.2, 0.25) is 25.7 Å². The molecule has 292 valence electrons. The average molecular weight is 879 g/mol. The molecule has 0 saturated heterocycles. The Labute approximate surface area is 346 Å². The van der Waals surface area contributed by atoms with Crippen molar-refractivity contribution in [1.29, 1.82) is 0 Å². The predicted octanol–water partition coefficient (Wildman–Crippen LogP) is 14.1. The first kappa shape index (κ1) is 53.7. The van der Waals surface area contributed by atoms with Crippen LogP contribution in [-0.4, -0.2) is 39.8 Å². The molecule has 50 heavy (non-hydrogen) atoms. The van der Waals surface area contributed by atoms with E-state index in [4.69, 9.17) is 51.9 Å². The molecule has 3 nitrogen and oxygen atoms in total. The second-order valence-electron chi connectivity index (χ2n) is 17.2. The Balaban J connectivity index is 0. The summed E-state index contributed by atoms with van der Waals surface area (Å²) in [6.07, 6.45) is 8.77. The molecule has 2 aromatic rings. The van der Waals surface area contributed by atoms with Crippen LogP contribution in [0.25, 0.3) is 9.96 Å². The Morgan fingerprint density at radius 3 is 1.60 bits per heavy atom. The molecule has 0 bridgehead atoms. The fraction of sp³-hybridized carbons (Fsp3) is 0.744. The molecule has 0 spiro atoms. The molecule has 11 heteroatoms. The molecule has 0 aliphatic carbocycles. The number of hydrogen-bond donors (Lipinski definition) is 0. The van der Waals surface area contributed by atoms with Crippen molar-refractivity contribution in [1.82, 2.24) is 0 Å². The Kier molecular flexibility index (Phi) is 27.6. The summed E-state index contributed by atoms with van der Waals surface area (Å²) in [5.41, 5.74) is 7.55. The van der Waals surface area contributed by atoms with Crippen molar-refractivity contribution in [2.45, 2.75) is 184 Å². The number of nitrogens with zero attached hydrogens (tertiary/aromatic N) is 2. The van der Waals surface area contributed by atoms with Gasteiger partial charge in [0, 0.05) is 6.61 Å². The van der Waals surface area contributed by atoms with Gasteiger partial charge in [-0.15, -0.1) is 11.1 Å². The van der Waals surface area contributed by atoms with E-state index in [0.29, 0.717) is 0 Å². The van der Waals surface area contributed by atoms with E-state index in [9.17, 15) is 0 Å². The number of aryl methyl sites for hydroxylation is 1. The van der Waals surface area contributed by atoms with Crippen molar-refractivity contribution in [3.8, 4) is 0 Å². The van der Waals surface area contributed by atoms with E-state index in [-0.39, 0.29) is 16.7 Å². The van der Waals surface area contributed by atoms with Crippen molar-refractivity contribution in [3.63, 3.8) is 0 Å². The van der Waals surface area contributed by atoms with Crippen molar-refractivity contribution in [3.05, 3.63) is 56.0 Å².